The highest BCUT2D eigenvalue weighted by molar-refractivity contribution is 5.91. The number of hydrogen-bond acceptors (Lipinski definition) is 9. The Labute approximate surface area is 240 Å². The molecule has 9 heteroatoms. The average Bonchev–Trinajstić information content (AvgIpc) is 2.89. The molecule has 0 saturated carbocycles. The quantitative estimate of drug-likeness (QED) is 0.429. The first-order chi connectivity index (χ1) is 18.7. The van der Waals surface area contributed by atoms with Crippen molar-refractivity contribution in [2.24, 2.45) is 23.7 Å². The molecule has 0 aromatic heterocycles. The summed E-state index contributed by atoms with van der Waals surface area (Å²) in [5.74, 6) is -1.60. The van der Waals surface area contributed by atoms with Crippen LogP contribution >= 0.6 is 0 Å². The Hall–Kier alpha value is -1.62. The van der Waals surface area contributed by atoms with Crippen molar-refractivity contribution in [1.82, 2.24) is 4.90 Å². The minimum atomic E-state index is -1.16. The predicted molar refractivity (Wildman–Crippen MR) is 153 cm³/mol. The number of esters is 1. The number of ether oxygens (including phenoxy) is 3. The summed E-state index contributed by atoms with van der Waals surface area (Å²) in [6.45, 7) is 13.2. The van der Waals surface area contributed by atoms with Gasteiger partial charge in [-0.3, -0.25) is 9.59 Å². The number of aliphatic hydroxyl groups is 3. The van der Waals surface area contributed by atoms with Crippen LogP contribution < -0.4 is 0 Å². The Kier molecular flexibility index (Phi) is 13.5. The standard InChI is InChI=1S/C31H53NO8/c1-10-22-15-18(4)23(33)13-12-17(3)14-19(5)25(11-2)39-26(35)16-24(34)20(6)30(22)40-31-29(37)27(32(8)9)28(36)21(7)38-31/h12-14,18-22,24-25,27-31,34,36-37H,10-11,15-16H2,1-9H3/b13-12+,17-14+/t18-,19+,20+,21-,22-,24-,25-,27+,28-,29-,30-,31+/m1/s1. The summed E-state index contributed by atoms with van der Waals surface area (Å²) in [5.41, 5.74) is 0.909. The Bertz CT molecular complexity index is 889. The molecule has 9 nitrogen and oxygen atoms in total. The number of rotatable bonds is 5. The van der Waals surface area contributed by atoms with E-state index in [4.69, 9.17) is 14.2 Å². The summed E-state index contributed by atoms with van der Waals surface area (Å²) in [5, 5.41) is 33.0. The monoisotopic (exact) mass is 567 g/mol. The topological polar surface area (TPSA) is 126 Å². The molecule has 2 rings (SSSR count). The van der Waals surface area contributed by atoms with E-state index >= 15 is 0 Å². The zero-order valence-electron chi connectivity index (χ0n) is 25.8. The highest BCUT2D eigenvalue weighted by Crippen LogP contribution is 2.34. The second-order valence-corrected chi connectivity index (χ2v) is 12.1. The normalized spacial score (nSPS) is 43.2. The van der Waals surface area contributed by atoms with Crippen LogP contribution in [0.1, 0.15) is 74.1 Å². The fraction of sp³-hybridized carbons (Fsp3) is 0.806. The van der Waals surface area contributed by atoms with E-state index in [9.17, 15) is 24.9 Å². The second kappa shape index (κ2) is 15.6. The van der Waals surface area contributed by atoms with Crippen molar-refractivity contribution in [2.45, 2.75) is 123 Å². The molecule has 230 valence electrons. The number of cyclic esters (lactones) is 1. The summed E-state index contributed by atoms with van der Waals surface area (Å²) >= 11 is 0. The van der Waals surface area contributed by atoms with Crippen LogP contribution in [-0.2, 0) is 23.8 Å². The van der Waals surface area contributed by atoms with Gasteiger partial charge in [0.15, 0.2) is 12.1 Å². The van der Waals surface area contributed by atoms with E-state index in [-0.39, 0.29) is 36.1 Å². The zero-order valence-corrected chi connectivity index (χ0v) is 25.8. The second-order valence-electron chi connectivity index (χ2n) is 12.1. The maximum Gasteiger partial charge on any atom is 0.308 e. The third-order valence-corrected chi connectivity index (χ3v) is 8.64. The van der Waals surface area contributed by atoms with E-state index < -0.39 is 54.7 Å². The number of hydrogen-bond donors (Lipinski definition) is 3. The van der Waals surface area contributed by atoms with Crippen molar-refractivity contribution in [3.8, 4) is 0 Å². The van der Waals surface area contributed by atoms with E-state index in [2.05, 4.69) is 0 Å². The molecule has 0 spiro atoms. The average molecular weight is 568 g/mol. The number of nitrogens with zero attached hydrogens (tertiary/aromatic N) is 1. The molecule has 12 atom stereocenters. The molecule has 2 aliphatic rings. The zero-order chi connectivity index (χ0) is 30.3. The number of ketones is 1. The third-order valence-electron chi connectivity index (χ3n) is 8.64. The summed E-state index contributed by atoms with van der Waals surface area (Å²) in [6, 6.07) is -0.620. The molecule has 40 heavy (non-hydrogen) atoms. The van der Waals surface area contributed by atoms with Crippen molar-refractivity contribution in [3.63, 3.8) is 0 Å². The van der Waals surface area contributed by atoms with E-state index in [0.717, 1.165) is 5.57 Å². The van der Waals surface area contributed by atoms with Gasteiger partial charge in [-0.15, -0.1) is 0 Å². The smallest absolute Gasteiger partial charge is 0.308 e. The molecule has 1 fully saturated rings. The fourth-order valence-corrected chi connectivity index (χ4v) is 5.97. The van der Waals surface area contributed by atoms with Crippen molar-refractivity contribution in [3.05, 3.63) is 23.8 Å². The first-order valence-electron chi connectivity index (χ1n) is 14.8. The summed E-state index contributed by atoms with van der Waals surface area (Å²) in [6.07, 6.45) is 1.09. The van der Waals surface area contributed by atoms with E-state index in [1.807, 2.05) is 47.6 Å². The highest BCUT2D eigenvalue weighted by Gasteiger charge is 2.47. The molecular weight excluding hydrogens is 514 g/mol. The Morgan fingerprint density at radius 3 is 2.23 bits per heavy atom. The van der Waals surface area contributed by atoms with E-state index in [1.54, 1.807) is 38.1 Å². The Balaban J connectivity index is 2.45. The first-order valence-corrected chi connectivity index (χ1v) is 14.8. The van der Waals surface area contributed by atoms with Crippen molar-refractivity contribution in [2.75, 3.05) is 14.1 Å². The molecule has 0 radical (unpaired) electrons. The fourth-order valence-electron chi connectivity index (χ4n) is 5.97. The van der Waals surface area contributed by atoms with Gasteiger partial charge in [0.05, 0.1) is 36.9 Å². The van der Waals surface area contributed by atoms with Gasteiger partial charge in [0.25, 0.3) is 0 Å². The lowest BCUT2D eigenvalue weighted by Gasteiger charge is -2.46. The molecule has 0 aromatic carbocycles. The summed E-state index contributed by atoms with van der Waals surface area (Å²) in [7, 11) is 3.54. The lowest BCUT2D eigenvalue weighted by atomic mass is 9.80. The van der Waals surface area contributed by atoms with Crippen LogP contribution in [0.3, 0.4) is 0 Å². The van der Waals surface area contributed by atoms with Gasteiger partial charge in [-0.05, 0) is 52.8 Å². The molecular formula is C31H53NO8. The molecule has 0 aliphatic carbocycles. The van der Waals surface area contributed by atoms with Crippen LogP contribution in [0, 0.1) is 23.7 Å². The summed E-state index contributed by atoms with van der Waals surface area (Å²) in [4.78, 5) is 27.7. The van der Waals surface area contributed by atoms with Crippen LogP contribution in [0.15, 0.2) is 23.8 Å². The molecule has 0 amide bonds. The largest absolute Gasteiger partial charge is 0.462 e. The number of carbonyl (C=O) groups is 2. The van der Waals surface area contributed by atoms with Crippen LogP contribution in [-0.4, -0.2) is 95.0 Å². The van der Waals surface area contributed by atoms with E-state index in [0.29, 0.717) is 19.3 Å². The van der Waals surface area contributed by atoms with Gasteiger partial charge in [0, 0.05) is 17.8 Å². The number of aliphatic hydroxyl groups excluding tert-OH is 3. The molecule has 1 saturated heterocycles. The number of allylic oxidation sites excluding steroid dienone is 3. The lowest BCUT2D eigenvalue weighted by molar-refractivity contribution is -0.304. The van der Waals surface area contributed by atoms with Gasteiger partial charge in [0.2, 0.25) is 0 Å². The molecule has 2 heterocycles. The molecule has 0 aromatic rings. The van der Waals surface area contributed by atoms with Crippen molar-refractivity contribution < 1.29 is 39.1 Å². The minimum absolute atomic E-state index is 0.00487. The minimum Gasteiger partial charge on any atom is -0.462 e. The third kappa shape index (κ3) is 8.94. The Morgan fingerprint density at radius 2 is 1.65 bits per heavy atom. The first kappa shape index (κ1) is 34.6. The van der Waals surface area contributed by atoms with Crippen molar-refractivity contribution >= 4 is 11.8 Å². The number of carbonyl (C=O) groups excluding carboxylic acids is 2. The van der Waals surface area contributed by atoms with E-state index in [1.165, 1.54) is 0 Å². The van der Waals surface area contributed by atoms with Crippen LogP contribution in [0.5, 0.6) is 0 Å². The van der Waals surface area contributed by atoms with Gasteiger partial charge < -0.3 is 34.4 Å². The highest BCUT2D eigenvalue weighted by atomic mass is 16.7. The predicted octanol–water partition coefficient (Wildman–Crippen LogP) is 3.25. The molecule has 0 bridgehead atoms. The number of likely N-dealkylation sites (N-methyl/N-ethyl adjacent to an activating group) is 1. The van der Waals surface area contributed by atoms with Gasteiger partial charge >= 0.3 is 5.97 Å². The van der Waals surface area contributed by atoms with Crippen LogP contribution in [0.4, 0.5) is 0 Å². The SMILES string of the molecule is CC[C@@H]1C[C@@H](C)C(=O)/C=C/C(C)=C/[C@H](C)[C@@H](CC)OC(=O)C[C@@H](O)[C@H](C)[C@H]1O[C@@H]1O[C@H](C)[C@@H](O)[C@H](N(C)C)[C@H]1O. The van der Waals surface area contributed by atoms with Crippen LogP contribution in [0.2, 0.25) is 0 Å². The van der Waals surface area contributed by atoms with Crippen molar-refractivity contribution in [1.29, 1.82) is 0 Å². The molecule has 2 aliphatic heterocycles. The molecule has 0 unspecified atom stereocenters. The summed E-state index contributed by atoms with van der Waals surface area (Å²) < 4.78 is 18.2. The lowest BCUT2D eigenvalue weighted by Crippen LogP contribution is -2.63. The maximum atomic E-state index is 13.1. The van der Waals surface area contributed by atoms with Gasteiger partial charge in [-0.25, -0.2) is 0 Å². The maximum absolute atomic E-state index is 13.1. The van der Waals surface area contributed by atoms with Gasteiger partial charge in [-0.2, -0.15) is 0 Å². The van der Waals surface area contributed by atoms with Gasteiger partial charge in [0.1, 0.15) is 12.2 Å². The Morgan fingerprint density at radius 1 is 1.00 bits per heavy atom. The van der Waals surface area contributed by atoms with Gasteiger partial charge in [-0.1, -0.05) is 58.8 Å². The molecule has 3 N–H and O–H groups in total. The van der Waals surface area contributed by atoms with Crippen LogP contribution in [0.25, 0.3) is 0 Å².